The second kappa shape index (κ2) is 7.79. The van der Waals surface area contributed by atoms with Gasteiger partial charge in [0, 0.05) is 22.9 Å². The molecule has 4 rings (SSSR count). The lowest BCUT2D eigenvalue weighted by Gasteiger charge is -2.22. The van der Waals surface area contributed by atoms with Gasteiger partial charge in [0.1, 0.15) is 0 Å². The van der Waals surface area contributed by atoms with Gasteiger partial charge in [-0.1, -0.05) is 48.5 Å². The van der Waals surface area contributed by atoms with E-state index >= 15 is 0 Å². The number of carbonyl (C=O) groups is 1. The van der Waals surface area contributed by atoms with Crippen LogP contribution in [0.4, 0.5) is 0 Å². The van der Waals surface area contributed by atoms with Crippen molar-refractivity contribution in [2.24, 2.45) is 5.92 Å². The molecule has 1 aliphatic heterocycles. The summed E-state index contributed by atoms with van der Waals surface area (Å²) in [6, 6.07) is 20.0. The predicted octanol–water partition coefficient (Wildman–Crippen LogP) is 4.86. The number of fused-ring (bicyclic) bond motifs is 1. The van der Waals surface area contributed by atoms with Crippen molar-refractivity contribution in [1.82, 2.24) is 10.3 Å². The highest BCUT2D eigenvalue weighted by molar-refractivity contribution is 6.08. The molecule has 0 spiro atoms. The minimum atomic E-state index is 0.228. The zero-order chi connectivity index (χ0) is 17.8. The number of ketones is 1. The van der Waals surface area contributed by atoms with Crippen LogP contribution in [0, 0.1) is 5.92 Å². The zero-order valence-corrected chi connectivity index (χ0v) is 14.9. The zero-order valence-electron chi connectivity index (χ0n) is 14.9. The van der Waals surface area contributed by atoms with Gasteiger partial charge >= 0.3 is 0 Å². The Hall–Kier alpha value is -2.52. The number of benzene rings is 2. The molecule has 1 fully saturated rings. The highest BCUT2D eigenvalue weighted by Gasteiger charge is 2.18. The topological polar surface area (TPSA) is 42.0 Å². The maximum Gasteiger partial charge on any atom is 0.163 e. The van der Waals surface area contributed by atoms with E-state index in [9.17, 15) is 4.79 Å². The van der Waals surface area contributed by atoms with Gasteiger partial charge in [0.15, 0.2) is 5.78 Å². The Kier molecular flexibility index (Phi) is 5.07. The Morgan fingerprint density at radius 2 is 1.88 bits per heavy atom. The third-order valence-electron chi connectivity index (χ3n) is 5.26. The Labute approximate surface area is 154 Å². The number of aromatic nitrogens is 1. The summed E-state index contributed by atoms with van der Waals surface area (Å²) >= 11 is 0. The number of Topliss-reactive ketones (excluding diaryl/α,β-unsaturated/α-hetero) is 1. The lowest BCUT2D eigenvalue weighted by molar-refractivity contribution is 0.0973. The van der Waals surface area contributed by atoms with Crippen LogP contribution in [-0.2, 0) is 0 Å². The molecule has 3 heteroatoms. The van der Waals surface area contributed by atoms with Crippen molar-refractivity contribution < 1.29 is 4.79 Å². The van der Waals surface area contributed by atoms with E-state index in [1.54, 1.807) is 0 Å². The standard InChI is InChI=1S/C23H24N2O/c26-23(13-12-17-7-6-14-24-16-17)20-15-22(18-8-2-1-3-9-18)25-21-11-5-4-10-19(20)21/h1-5,8-11,15,17,24H,6-7,12-14,16H2. The first-order valence-corrected chi connectivity index (χ1v) is 9.50. The quantitative estimate of drug-likeness (QED) is 0.672. The average Bonchev–Trinajstić information content (AvgIpc) is 2.72. The van der Waals surface area contributed by atoms with E-state index in [-0.39, 0.29) is 5.78 Å². The molecule has 3 aromatic rings. The van der Waals surface area contributed by atoms with Gasteiger partial charge in [-0.2, -0.15) is 0 Å². The summed E-state index contributed by atoms with van der Waals surface area (Å²) in [5.74, 6) is 0.848. The molecule has 1 atom stereocenters. The van der Waals surface area contributed by atoms with E-state index in [2.05, 4.69) is 5.32 Å². The molecule has 2 aromatic carbocycles. The molecule has 1 N–H and O–H groups in total. The summed E-state index contributed by atoms with van der Waals surface area (Å²) < 4.78 is 0. The third kappa shape index (κ3) is 3.68. The van der Waals surface area contributed by atoms with Crippen LogP contribution in [0.1, 0.15) is 36.0 Å². The van der Waals surface area contributed by atoms with Crippen molar-refractivity contribution in [2.45, 2.75) is 25.7 Å². The third-order valence-corrected chi connectivity index (χ3v) is 5.26. The van der Waals surface area contributed by atoms with E-state index in [0.29, 0.717) is 12.3 Å². The summed E-state index contributed by atoms with van der Waals surface area (Å²) in [6.07, 6.45) is 4.01. The van der Waals surface area contributed by atoms with Gasteiger partial charge in [-0.3, -0.25) is 4.79 Å². The molecular weight excluding hydrogens is 320 g/mol. The number of nitrogens with one attached hydrogen (secondary N) is 1. The van der Waals surface area contributed by atoms with Crippen LogP contribution in [0.3, 0.4) is 0 Å². The van der Waals surface area contributed by atoms with Crippen LogP contribution < -0.4 is 5.32 Å². The summed E-state index contributed by atoms with van der Waals surface area (Å²) in [5.41, 5.74) is 3.60. The lowest BCUT2D eigenvalue weighted by Crippen LogP contribution is -2.30. The molecule has 0 aliphatic carbocycles. The second-order valence-corrected chi connectivity index (χ2v) is 7.11. The monoisotopic (exact) mass is 344 g/mol. The molecule has 0 amide bonds. The normalized spacial score (nSPS) is 17.3. The minimum absolute atomic E-state index is 0.228. The van der Waals surface area contributed by atoms with Gasteiger partial charge in [-0.15, -0.1) is 0 Å². The number of hydrogen-bond acceptors (Lipinski definition) is 3. The van der Waals surface area contributed by atoms with E-state index in [1.807, 2.05) is 60.7 Å². The Morgan fingerprint density at radius 1 is 1.08 bits per heavy atom. The first-order chi connectivity index (χ1) is 12.8. The molecule has 1 aliphatic rings. The second-order valence-electron chi connectivity index (χ2n) is 7.11. The summed E-state index contributed by atoms with van der Waals surface area (Å²) in [5, 5.41) is 4.39. The number of pyridine rings is 1. The highest BCUT2D eigenvalue weighted by atomic mass is 16.1. The Bertz CT molecular complexity index is 898. The number of piperidine rings is 1. The summed E-state index contributed by atoms with van der Waals surface area (Å²) in [4.78, 5) is 17.8. The molecule has 1 aromatic heterocycles. The van der Waals surface area contributed by atoms with Gasteiger partial charge < -0.3 is 5.32 Å². The predicted molar refractivity (Wildman–Crippen MR) is 106 cm³/mol. The average molecular weight is 344 g/mol. The van der Waals surface area contributed by atoms with Crippen molar-refractivity contribution in [3.63, 3.8) is 0 Å². The first kappa shape index (κ1) is 16.9. The highest BCUT2D eigenvalue weighted by Crippen LogP contribution is 2.27. The van der Waals surface area contributed by atoms with Crippen molar-refractivity contribution in [3.05, 3.63) is 66.2 Å². The number of carbonyl (C=O) groups excluding carboxylic acids is 1. The van der Waals surface area contributed by atoms with Crippen molar-refractivity contribution in [2.75, 3.05) is 13.1 Å². The fraction of sp³-hybridized carbons (Fsp3) is 0.304. The maximum atomic E-state index is 13.0. The number of para-hydroxylation sites is 1. The summed E-state index contributed by atoms with van der Waals surface area (Å²) in [6.45, 7) is 2.15. The molecule has 2 heterocycles. The molecule has 1 saturated heterocycles. The molecule has 0 saturated carbocycles. The lowest BCUT2D eigenvalue weighted by atomic mass is 9.91. The van der Waals surface area contributed by atoms with Crippen LogP contribution in [0.15, 0.2) is 60.7 Å². The van der Waals surface area contributed by atoms with E-state index in [0.717, 1.165) is 47.2 Å². The van der Waals surface area contributed by atoms with Crippen molar-refractivity contribution in [1.29, 1.82) is 0 Å². The largest absolute Gasteiger partial charge is 0.316 e. The van der Waals surface area contributed by atoms with Crippen LogP contribution in [0.25, 0.3) is 22.2 Å². The maximum absolute atomic E-state index is 13.0. The van der Waals surface area contributed by atoms with Crippen LogP contribution in [0.2, 0.25) is 0 Å². The van der Waals surface area contributed by atoms with Crippen molar-refractivity contribution in [3.8, 4) is 11.3 Å². The first-order valence-electron chi connectivity index (χ1n) is 9.50. The van der Waals surface area contributed by atoms with E-state index in [4.69, 9.17) is 4.98 Å². The number of rotatable bonds is 5. The van der Waals surface area contributed by atoms with Gasteiger partial charge in [0.25, 0.3) is 0 Å². The summed E-state index contributed by atoms with van der Waals surface area (Å²) in [7, 11) is 0. The number of hydrogen-bond donors (Lipinski definition) is 1. The smallest absolute Gasteiger partial charge is 0.163 e. The molecule has 0 radical (unpaired) electrons. The SMILES string of the molecule is O=C(CCC1CCCNC1)c1cc(-c2ccccc2)nc2ccccc12. The molecule has 0 bridgehead atoms. The fourth-order valence-electron chi connectivity index (χ4n) is 3.80. The molecule has 26 heavy (non-hydrogen) atoms. The number of nitrogens with zero attached hydrogens (tertiary/aromatic N) is 1. The van der Waals surface area contributed by atoms with E-state index in [1.165, 1.54) is 12.8 Å². The van der Waals surface area contributed by atoms with Gasteiger partial charge in [0.2, 0.25) is 0 Å². The molecule has 3 nitrogen and oxygen atoms in total. The van der Waals surface area contributed by atoms with Gasteiger partial charge in [-0.05, 0) is 50.4 Å². The van der Waals surface area contributed by atoms with Crippen LogP contribution in [0.5, 0.6) is 0 Å². The fourth-order valence-corrected chi connectivity index (χ4v) is 3.80. The van der Waals surface area contributed by atoms with Gasteiger partial charge in [0.05, 0.1) is 11.2 Å². The molecule has 132 valence electrons. The van der Waals surface area contributed by atoms with Crippen molar-refractivity contribution >= 4 is 16.7 Å². The van der Waals surface area contributed by atoms with E-state index < -0.39 is 0 Å². The Morgan fingerprint density at radius 3 is 2.69 bits per heavy atom. The van der Waals surface area contributed by atoms with Gasteiger partial charge in [-0.25, -0.2) is 4.98 Å². The minimum Gasteiger partial charge on any atom is -0.316 e. The molecule has 1 unspecified atom stereocenters. The van der Waals surface area contributed by atoms with Crippen LogP contribution in [-0.4, -0.2) is 23.9 Å². The Balaban J connectivity index is 1.65. The van der Waals surface area contributed by atoms with Crippen LogP contribution >= 0.6 is 0 Å². The molecular formula is C23H24N2O.